The van der Waals surface area contributed by atoms with Gasteiger partial charge in [-0.25, -0.2) is 0 Å². The number of carbonyl (C=O) groups is 1. The molecular formula is C33H36O. The second-order valence-electron chi connectivity index (χ2n) is 9.35. The van der Waals surface area contributed by atoms with Gasteiger partial charge in [-0.15, -0.1) is 11.5 Å². The second-order valence-corrected chi connectivity index (χ2v) is 9.35. The summed E-state index contributed by atoms with van der Waals surface area (Å²) in [6.07, 6.45) is 8.01. The Morgan fingerprint density at radius 2 is 1.74 bits per heavy atom. The molecule has 0 amide bonds. The van der Waals surface area contributed by atoms with Crippen LogP contribution in [0.15, 0.2) is 89.4 Å². The average molecular weight is 449 g/mol. The van der Waals surface area contributed by atoms with Crippen LogP contribution in [0.2, 0.25) is 0 Å². The Bertz CT molecular complexity index is 1260. The van der Waals surface area contributed by atoms with Crippen molar-refractivity contribution >= 4 is 5.78 Å². The molecule has 1 aliphatic rings. The van der Waals surface area contributed by atoms with Crippen molar-refractivity contribution in [3.8, 4) is 0 Å². The summed E-state index contributed by atoms with van der Waals surface area (Å²) in [4.78, 5) is 13.3. The van der Waals surface area contributed by atoms with Gasteiger partial charge in [-0.05, 0) is 111 Å². The first-order chi connectivity index (χ1) is 16.2. The van der Waals surface area contributed by atoms with Crippen LogP contribution in [-0.4, -0.2) is 5.78 Å². The summed E-state index contributed by atoms with van der Waals surface area (Å²) < 4.78 is 0. The van der Waals surface area contributed by atoms with Gasteiger partial charge in [0, 0.05) is 23.1 Å². The molecule has 1 aliphatic carbocycles. The van der Waals surface area contributed by atoms with Crippen LogP contribution in [0.5, 0.6) is 0 Å². The van der Waals surface area contributed by atoms with E-state index in [2.05, 4.69) is 94.8 Å². The molecular weight excluding hydrogens is 412 g/mol. The minimum absolute atomic E-state index is 0.175. The summed E-state index contributed by atoms with van der Waals surface area (Å²) in [5.74, 6) is 0.175. The number of ketones is 1. The van der Waals surface area contributed by atoms with Crippen LogP contribution in [0.3, 0.4) is 0 Å². The van der Waals surface area contributed by atoms with Crippen molar-refractivity contribution in [3.63, 3.8) is 0 Å². The van der Waals surface area contributed by atoms with E-state index in [9.17, 15) is 4.79 Å². The fraction of sp³-hybridized carbons (Fsp3) is 0.303. The SMILES string of the molecule is C=C=C(C(=C)Cc1c(C)cccc1C)C1=C=CCCC(CC(=O)c2cc(C)c(CC)cc2C)=C1. The third-order valence-electron chi connectivity index (χ3n) is 6.80. The van der Waals surface area contributed by atoms with Crippen LogP contribution >= 0.6 is 0 Å². The van der Waals surface area contributed by atoms with E-state index in [1.54, 1.807) is 0 Å². The number of hydrogen-bond donors (Lipinski definition) is 0. The summed E-state index contributed by atoms with van der Waals surface area (Å²) >= 11 is 0. The van der Waals surface area contributed by atoms with Crippen LogP contribution in [-0.2, 0) is 12.8 Å². The molecule has 0 unspecified atom stereocenters. The maximum absolute atomic E-state index is 13.3. The van der Waals surface area contributed by atoms with Gasteiger partial charge in [-0.2, -0.15) is 0 Å². The normalized spacial score (nSPS) is 13.0. The highest BCUT2D eigenvalue weighted by molar-refractivity contribution is 5.99. The van der Waals surface area contributed by atoms with Gasteiger partial charge in [0.2, 0.25) is 0 Å². The van der Waals surface area contributed by atoms with Crippen LogP contribution < -0.4 is 0 Å². The number of Topliss-reactive ketones (excluding diaryl/α,β-unsaturated/α-hetero) is 1. The van der Waals surface area contributed by atoms with E-state index in [0.717, 1.165) is 59.1 Å². The maximum atomic E-state index is 13.3. The third-order valence-corrected chi connectivity index (χ3v) is 6.80. The number of hydrogen-bond acceptors (Lipinski definition) is 1. The van der Waals surface area contributed by atoms with Gasteiger partial charge in [0.25, 0.3) is 0 Å². The summed E-state index contributed by atoms with van der Waals surface area (Å²) in [6, 6.07) is 10.6. The van der Waals surface area contributed by atoms with Crippen molar-refractivity contribution in [1.82, 2.24) is 0 Å². The maximum Gasteiger partial charge on any atom is 0.167 e. The molecule has 2 aromatic rings. The molecule has 2 aromatic carbocycles. The Morgan fingerprint density at radius 1 is 1.03 bits per heavy atom. The minimum Gasteiger partial charge on any atom is -0.294 e. The van der Waals surface area contributed by atoms with E-state index in [1.165, 1.54) is 27.8 Å². The third kappa shape index (κ3) is 5.75. The molecule has 0 heterocycles. The Kier molecular flexibility index (Phi) is 8.30. The zero-order chi connectivity index (χ0) is 24.8. The van der Waals surface area contributed by atoms with E-state index in [-0.39, 0.29) is 5.78 Å². The van der Waals surface area contributed by atoms with Gasteiger partial charge in [-0.3, -0.25) is 4.79 Å². The van der Waals surface area contributed by atoms with Crippen LogP contribution in [0.1, 0.15) is 69.9 Å². The number of aryl methyl sites for hydroxylation is 5. The van der Waals surface area contributed by atoms with E-state index < -0.39 is 0 Å². The summed E-state index contributed by atoms with van der Waals surface area (Å²) in [5.41, 5.74) is 18.6. The van der Waals surface area contributed by atoms with E-state index >= 15 is 0 Å². The van der Waals surface area contributed by atoms with Crippen molar-refractivity contribution in [1.29, 1.82) is 0 Å². The molecule has 3 rings (SSSR count). The number of rotatable bonds is 8. The van der Waals surface area contributed by atoms with Gasteiger partial charge in [0.1, 0.15) is 0 Å². The quantitative estimate of drug-likeness (QED) is 0.225. The molecule has 1 heteroatoms. The van der Waals surface area contributed by atoms with Crippen molar-refractivity contribution in [3.05, 3.63) is 128 Å². The predicted molar refractivity (Wildman–Crippen MR) is 145 cm³/mol. The fourth-order valence-electron chi connectivity index (χ4n) is 4.74. The zero-order valence-electron chi connectivity index (χ0n) is 21.4. The molecule has 0 N–H and O–H groups in total. The lowest BCUT2D eigenvalue weighted by molar-refractivity contribution is 0.0991. The highest BCUT2D eigenvalue weighted by atomic mass is 16.1. The Balaban J connectivity index is 1.85. The summed E-state index contributed by atoms with van der Waals surface area (Å²) in [6.45, 7) is 18.9. The Hall–Kier alpha value is -3.37. The van der Waals surface area contributed by atoms with Crippen molar-refractivity contribution in [2.75, 3.05) is 0 Å². The van der Waals surface area contributed by atoms with Gasteiger partial charge >= 0.3 is 0 Å². The molecule has 0 bridgehead atoms. The lowest BCUT2D eigenvalue weighted by Crippen LogP contribution is -2.06. The molecule has 0 aromatic heterocycles. The number of allylic oxidation sites excluding steroid dienone is 5. The first-order valence-corrected chi connectivity index (χ1v) is 12.2. The Morgan fingerprint density at radius 3 is 2.38 bits per heavy atom. The van der Waals surface area contributed by atoms with Crippen molar-refractivity contribution in [2.45, 2.75) is 66.7 Å². The van der Waals surface area contributed by atoms with Gasteiger partial charge in [0.05, 0.1) is 0 Å². The first-order valence-electron chi connectivity index (χ1n) is 12.2. The monoisotopic (exact) mass is 448 g/mol. The zero-order valence-corrected chi connectivity index (χ0v) is 21.4. The highest BCUT2D eigenvalue weighted by Gasteiger charge is 2.17. The fourth-order valence-corrected chi connectivity index (χ4v) is 4.74. The number of benzene rings is 2. The first kappa shape index (κ1) is 25.3. The molecule has 174 valence electrons. The minimum atomic E-state index is 0.175. The van der Waals surface area contributed by atoms with Crippen LogP contribution in [0.25, 0.3) is 0 Å². The predicted octanol–water partition coefficient (Wildman–Crippen LogP) is 8.37. The molecule has 34 heavy (non-hydrogen) atoms. The average Bonchev–Trinajstić information content (AvgIpc) is 3.03. The number of carbonyl (C=O) groups excluding carboxylic acids is 1. The molecule has 0 atom stereocenters. The van der Waals surface area contributed by atoms with Gasteiger partial charge in [-0.1, -0.05) is 49.9 Å². The van der Waals surface area contributed by atoms with E-state index in [4.69, 9.17) is 0 Å². The molecule has 1 nitrogen and oxygen atoms in total. The second kappa shape index (κ2) is 11.2. The standard InChI is InChI=1S/C33H36O/c1-8-28-17-25(6)32(18-24(28)5)33(34)21-27-15-10-11-16-29(20-27)30(9-2)26(7)19-31-22(3)13-12-14-23(31)4/h11-14,17-18,20H,2,7-8,10,15,19,21H2,1,3-6H3. The van der Waals surface area contributed by atoms with Crippen molar-refractivity contribution < 1.29 is 4.79 Å². The van der Waals surface area contributed by atoms with Crippen molar-refractivity contribution in [2.24, 2.45) is 0 Å². The molecule has 0 spiro atoms. The largest absolute Gasteiger partial charge is 0.294 e. The lowest BCUT2D eigenvalue weighted by atomic mass is 9.89. The molecule has 0 radical (unpaired) electrons. The summed E-state index contributed by atoms with van der Waals surface area (Å²) in [5, 5.41) is 0. The van der Waals surface area contributed by atoms with Crippen LogP contribution in [0, 0.1) is 27.7 Å². The van der Waals surface area contributed by atoms with E-state index in [0.29, 0.717) is 6.42 Å². The highest BCUT2D eigenvalue weighted by Crippen LogP contribution is 2.29. The topological polar surface area (TPSA) is 17.1 Å². The van der Waals surface area contributed by atoms with E-state index in [1.807, 2.05) is 6.92 Å². The van der Waals surface area contributed by atoms with Gasteiger partial charge in [0.15, 0.2) is 5.78 Å². The summed E-state index contributed by atoms with van der Waals surface area (Å²) in [7, 11) is 0. The molecule has 0 saturated carbocycles. The Labute approximate surface area is 205 Å². The molecule has 0 aliphatic heterocycles. The molecule has 0 fully saturated rings. The lowest BCUT2D eigenvalue weighted by Gasteiger charge is -2.14. The van der Waals surface area contributed by atoms with Crippen LogP contribution in [0.4, 0.5) is 0 Å². The van der Waals surface area contributed by atoms with Gasteiger partial charge < -0.3 is 0 Å². The molecule has 0 saturated heterocycles. The smallest absolute Gasteiger partial charge is 0.167 e.